The van der Waals surface area contributed by atoms with Crippen molar-refractivity contribution in [3.63, 3.8) is 0 Å². The van der Waals surface area contributed by atoms with Gasteiger partial charge in [0.15, 0.2) is 0 Å². The molecule has 3 N–H and O–H groups in total. The maximum absolute atomic E-state index is 13.9. The number of ether oxygens (including phenoxy) is 1. The number of carbonyl (C=O) groups is 1. The number of aromatic nitrogens is 1. The molecule has 2 fully saturated rings. The number of piperidine rings is 1. The maximum atomic E-state index is 13.9. The molecule has 246 valence electrons. The summed E-state index contributed by atoms with van der Waals surface area (Å²) in [6.07, 6.45) is 5.48. The van der Waals surface area contributed by atoms with Crippen molar-refractivity contribution < 1.29 is 17.9 Å². The van der Waals surface area contributed by atoms with Gasteiger partial charge in [-0.25, -0.2) is 13.4 Å². The molecular formula is C30H38Cl4N6O4S. The van der Waals surface area contributed by atoms with Crippen molar-refractivity contribution in [2.75, 3.05) is 26.2 Å². The molecule has 0 bridgehead atoms. The molecule has 1 aromatic heterocycles. The molecule has 2 aromatic carbocycles. The number of amides is 1. The summed E-state index contributed by atoms with van der Waals surface area (Å²) in [5.74, 6) is 5.96. The van der Waals surface area contributed by atoms with E-state index in [1.165, 1.54) is 16.4 Å². The second-order valence-electron chi connectivity index (χ2n) is 11.0. The van der Waals surface area contributed by atoms with Gasteiger partial charge in [-0.1, -0.05) is 41.4 Å². The molecule has 10 nitrogen and oxygen atoms in total. The van der Waals surface area contributed by atoms with E-state index in [1.54, 1.807) is 12.4 Å². The van der Waals surface area contributed by atoms with Crippen LogP contribution in [-0.2, 0) is 21.4 Å². The number of likely N-dealkylation sites (tertiary alicyclic amines) is 1. The number of benzene rings is 2. The lowest BCUT2D eigenvalue weighted by molar-refractivity contribution is -0.124. The first-order chi connectivity index (χ1) is 20.7. The van der Waals surface area contributed by atoms with Gasteiger partial charge in [0.05, 0.1) is 5.02 Å². The van der Waals surface area contributed by atoms with Crippen LogP contribution in [0.2, 0.25) is 10.0 Å². The molecule has 3 heterocycles. The number of halogens is 4. The highest BCUT2D eigenvalue weighted by Gasteiger charge is 2.40. The first-order valence-electron chi connectivity index (χ1n) is 14.4. The van der Waals surface area contributed by atoms with Crippen molar-refractivity contribution >= 4 is 81.2 Å². The van der Waals surface area contributed by atoms with Gasteiger partial charge in [-0.05, 0) is 69.2 Å². The molecule has 2 aliphatic rings. The summed E-state index contributed by atoms with van der Waals surface area (Å²) in [4.78, 5) is 19.7. The number of hydrogen-bond donors (Lipinski definition) is 2. The average Bonchev–Trinajstić information content (AvgIpc) is 3.49. The standard InChI is InChI=1S/C30H36Cl2N6O4S.2ClH/c1-20-7-8-22-4-2-6-26(29(22)36-20)42-18-23-24(31)9-10-27(28(23)32)43(40,41)38-15-3-5-25(38)30(39)34-14-11-21-12-16-37(17-13-21)19-35-33;;/h2,4,6-10,19,21,25H,3,5,11-18,33H2,1H3,(H,34,39);2*1H/t25-;;/m0../s1. The highest BCUT2D eigenvalue weighted by molar-refractivity contribution is 7.89. The Hall–Kier alpha value is -2.54. The number of pyridine rings is 1. The van der Waals surface area contributed by atoms with Gasteiger partial charge in [-0.15, -0.1) is 24.8 Å². The lowest BCUT2D eigenvalue weighted by Gasteiger charge is -2.30. The summed E-state index contributed by atoms with van der Waals surface area (Å²) < 4.78 is 35.1. The Bertz CT molecular complexity index is 1620. The summed E-state index contributed by atoms with van der Waals surface area (Å²) in [6, 6.07) is 11.6. The van der Waals surface area contributed by atoms with Crippen LogP contribution >= 0.6 is 48.0 Å². The van der Waals surface area contributed by atoms with Crippen LogP contribution in [0.4, 0.5) is 0 Å². The number of fused-ring (bicyclic) bond motifs is 1. The van der Waals surface area contributed by atoms with Crippen LogP contribution in [0.3, 0.4) is 0 Å². The smallest absolute Gasteiger partial charge is 0.245 e. The lowest BCUT2D eigenvalue weighted by Crippen LogP contribution is -2.46. The third kappa shape index (κ3) is 8.44. The number of nitrogens with zero attached hydrogens (tertiary/aromatic N) is 4. The second kappa shape index (κ2) is 16.3. The van der Waals surface area contributed by atoms with Gasteiger partial charge in [-0.2, -0.15) is 9.41 Å². The Morgan fingerprint density at radius 2 is 1.87 bits per heavy atom. The molecule has 2 aliphatic heterocycles. The Balaban J connectivity index is 0.00000276. The lowest BCUT2D eigenvalue weighted by atomic mass is 9.94. The van der Waals surface area contributed by atoms with Gasteiger partial charge in [-0.3, -0.25) is 4.79 Å². The number of hydrazone groups is 1. The van der Waals surface area contributed by atoms with E-state index in [9.17, 15) is 13.2 Å². The molecule has 0 saturated carbocycles. The monoisotopic (exact) mass is 718 g/mol. The fraction of sp³-hybridized carbons (Fsp3) is 0.433. The van der Waals surface area contributed by atoms with E-state index in [4.69, 9.17) is 33.8 Å². The highest BCUT2D eigenvalue weighted by atomic mass is 35.5. The van der Waals surface area contributed by atoms with Gasteiger partial charge in [0.2, 0.25) is 15.9 Å². The van der Waals surface area contributed by atoms with Crippen LogP contribution in [-0.4, -0.2) is 67.1 Å². The molecule has 15 heteroatoms. The van der Waals surface area contributed by atoms with Crippen LogP contribution in [0.25, 0.3) is 10.9 Å². The Kier molecular flexibility index (Phi) is 13.4. The van der Waals surface area contributed by atoms with Crippen molar-refractivity contribution in [1.29, 1.82) is 0 Å². The first-order valence-corrected chi connectivity index (χ1v) is 16.6. The van der Waals surface area contributed by atoms with E-state index in [0.29, 0.717) is 42.1 Å². The summed E-state index contributed by atoms with van der Waals surface area (Å²) in [7, 11) is -4.10. The number of hydrogen-bond acceptors (Lipinski definition) is 7. The fourth-order valence-electron chi connectivity index (χ4n) is 5.78. The van der Waals surface area contributed by atoms with Gasteiger partial charge >= 0.3 is 0 Å². The average molecular weight is 721 g/mol. The van der Waals surface area contributed by atoms with E-state index >= 15 is 0 Å². The quantitative estimate of drug-likeness (QED) is 0.122. The first kappa shape index (κ1) is 36.9. The topological polar surface area (TPSA) is 130 Å². The molecule has 3 aromatic rings. The molecular weight excluding hydrogens is 682 g/mol. The summed E-state index contributed by atoms with van der Waals surface area (Å²) in [5.41, 5.74) is 1.88. The van der Waals surface area contributed by atoms with Gasteiger partial charge in [0.1, 0.15) is 35.1 Å². The zero-order valence-corrected chi connectivity index (χ0v) is 28.8. The molecule has 0 radical (unpaired) electrons. The number of sulfonamides is 1. The number of carbonyl (C=O) groups excluding carboxylic acids is 1. The van der Waals surface area contributed by atoms with Crippen LogP contribution in [0.5, 0.6) is 5.75 Å². The molecule has 1 amide bonds. The number of aryl methyl sites for hydroxylation is 1. The highest BCUT2D eigenvalue weighted by Crippen LogP contribution is 2.36. The van der Waals surface area contributed by atoms with E-state index in [1.807, 2.05) is 31.2 Å². The number of para-hydroxylation sites is 1. The minimum Gasteiger partial charge on any atom is -0.487 e. The third-order valence-corrected chi connectivity index (χ3v) is 11.0. The van der Waals surface area contributed by atoms with Crippen LogP contribution in [0.1, 0.15) is 43.4 Å². The molecule has 0 aliphatic carbocycles. The Labute approximate surface area is 286 Å². The van der Waals surface area contributed by atoms with E-state index in [-0.39, 0.29) is 58.8 Å². The largest absolute Gasteiger partial charge is 0.487 e. The minimum absolute atomic E-state index is 0. The predicted molar refractivity (Wildman–Crippen MR) is 183 cm³/mol. The normalized spacial score (nSPS) is 17.7. The zero-order valence-electron chi connectivity index (χ0n) is 24.8. The number of rotatable bonds is 10. The molecule has 1 atom stereocenters. The van der Waals surface area contributed by atoms with Crippen LogP contribution in [0.15, 0.2) is 52.5 Å². The third-order valence-electron chi connectivity index (χ3n) is 8.17. The van der Waals surface area contributed by atoms with Gasteiger partial charge < -0.3 is 20.8 Å². The van der Waals surface area contributed by atoms with E-state index in [0.717, 1.165) is 43.4 Å². The number of nitrogens with one attached hydrogen (secondary N) is 1. The fourth-order valence-corrected chi connectivity index (χ4v) is 8.30. The van der Waals surface area contributed by atoms with Crippen LogP contribution < -0.4 is 15.9 Å². The van der Waals surface area contributed by atoms with Gasteiger partial charge in [0, 0.05) is 47.8 Å². The van der Waals surface area contributed by atoms with Crippen molar-refractivity contribution in [2.24, 2.45) is 16.9 Å². The summed E-state index contributed by atoms with van der Waals surface area (Å²) in [6.45, 7) is 4.31. The molecule has 45 heavy (non-hydrogen) atoms. The summed E-state index contributed by atoms with van der Waals surface area (Å²) >= 11 is 13.2. The predicted octanol–water partition coefficient (Wildman–Crippen LogP) is 5.55. The SMILES string of the molecule is Cc1ccc2cccc(OCc3c(Cl)ccc(S(=O)(=O)N4CCC[C@H]4C(=O)NCCC4CCN(C=NN)CC4)c3Cl)c2n1.Cl.Cl. The van der Waals surface area contributed by atoms with Crippen LogP contribution in [0, 0.1) is 12.8 Å². The minimum atomic E-state index is -4.10. The van der Waals surface area contributed by atoms with E-state index < -0.39 is 16.1 Å². The second-order valence-corrected chi connectivity index (χ2v) is 13.6. The maximum Gasteiger partial charge on any atom is 0.245 e. The van der Waals surface area contributed by atoms with Crippen molar-refractivity contribution in [2.45, 2.75) is 56.6 Å². The molecule has 0 unspecified atom stereocenters. The Morgan fingerprint density at radius 1 is 1.11 bits per heavy atom. The van der Waals surface area contributed by atoms with Crippen molar-refractivity contribution in [3.8, 4) is 5.75 Å². The number of nitrogens with two attached hydrogens (primary N) is 1. The van der Waals surface area contributed by atoms with Gasteiger partial charge in [0.25, 0.3) is 0 Å². The molecule has 5 rings (SSSR count). The Morgan fingerprint density at radius 3 is 2.60 bits per heavy atom. The zero-order chi connectivity index (χ0) is 30.6. The van der Waals surface area contributed by atoms with Crippen molar-refractivity contribution in [3.05, 3.63) is 63.8 Å². The van der Waals surface area contributed by atoms with Crippen molar-refractivity contribution in [1.82, 2.24) is 19.5 Å². The van der Waals surface area contributed by atoms with E-state index in [2.05, 4.69) is 20.3 Å². The summed E-state index contributed by atoms with van der Waals surface area (Å²) in [5, 5.41) is 7.72. The molecule has 2 saturated heterocycles. The molecule has 0 spiro atoms.